The minimum atomic E-state index is -0.151. The van der Waals surface area contributed by atoms with Crippen LogP contribution in [0.4, 0.5) is 0 Å². The first kappa shape index (κ1) is 21.2. The number of benzene rings is 2. The lowest BCUT2D eigenvalue weighted by atomic mass is 10.0. The normalized spacial score (nSPS) is 20.9. The summed E-state index contributed by atoms with van der Waals surface area (Å²) in [4.78, 5) is 7.59. The van der Waals surface area contributed by atoms with Crippen LogP contribution in [0.3, 0.4) is 0 Å². The fourth-order valence-electron chi connectivity index (χ4n) is 4.35. The smallest absolute Gasteiger partial charge is 0.140 e. The number of nitrogens with zero attached hydrogens (tertiary/aromatic N) is 2. The van der Waals surface area contributed by atoms with Gasteiger partial charge in [-0.1, -0.05) is 18.6 Å². The molecule has 1 N–H and O–H groups in total. The minimum Gasteiger partial charge on any atom is -0.508 e. The third kappa shape index (κ3) is 4.87. The molecule has 166 valence electrons. The maximum Gasteiger partial charge on any atom is 0.140 e. The van der Waals surface area contributed by atoms with Crippen LogP contribution < -0.4 is 9.47 Å². The Labute approximate surface area is 193 Å². The van der Waals surface area contributed by atoms with Gasteiger partial charge in [-0.3, -0.25) is 9.88 Å². The van der Waals surface area contributed by atoms with Gasteiger partial charge in [0.15, 0.2) is 0 Å². The van der Waals surface area contributed by atoms with Gasteiger partial charge in [-0.25, -0.2) is 0 Å². The average molecular weight is 449 g/mol. The second kappa shape index (κ2) is 9.84. The lowest BCUT2D eigenvalue weighted by molar-refractivity contribution is 0.182. The van der Waals surface area contributed by atoms with Crippen LogP contribution in [-0.2, 0) is 0 Å². The van der Waals surface area contributed by atoms with Gasteiger partial charge >= 0.3 is 0 Å². The van der Waals surface area contributed by atoms with Crippen LogP contribution in [0.1, 0.15) is 41.7 Å². The number of fused-ring (bicyclic) bond motifs is 1. The quantitative estimate of drug-likeness (QED) is 0.528. The second-order valence-electron chi connectivity index (χ2n) is 8.31. The lowest BCUT2D eigenvalue weighted by Crippen LogP contribution is -2.33. The standard InChI is InChI=1S/C26H28N2O3S/c29-21-6-9-23-24(18-21)32-26(20-10-12-27-13-11-20)25(31-23)19-4-7-22(8-5-19)30-17-16-28-14-2-1-3-15-28/h4-13,18,25-26,29H,1-3,14-17H2/t25-,26+/m0/s1. The molecule has 0 aliphatic carbocycles. The summed E-state index contributed by atoms with van der Waals surface area (Å²) in [6.45, 7) is 4.08. The summed E-state index contributed by atoms with van der Waals surface area (Å²) in [5, 5.41) is 9.97. The molecule has 3 heterocycles. The Morgan fingerprint density at radius 1 is 0.969 bits per heavy atom. The predicted molar refractivity (Wildman–Crippen MR) is 127 cm³/mol. The number of likely N-dealkylation sites (tertiary alicyclic amines) is 1. The topological polar surface area (TPSA) is 54.8 Å². The van der Waals surface area contributed by atoms with Crippen molar-refractivity contribution >= 4 is 11.8 Å². The van der Waals surface area contributed by atoms with Crippen LogP contribution in [-0.4, -0.2) is 41.2 Å². The van der Waals surface area contributed by atoms with Crippen LogP contribution in [0, 0.1) is 0 Å². The zero-order valence-corrected chi connectivity index (χ0v) is 18.8. The molecule has 2 atom stereocenters. The Morgan fingerprint density at radius 3 is 2.53 bits per heavy atom. The number of phenolic OH excluding ortho intramolecular Hbond substituents is 1. The number of ether oxygens (including phenoxy) is 2. The number of thioether (sulfide) groups is 1. The van der Waals surface area contributed by atoms with Crippen LogP contribution in [0.5, 0.6) is 17.2 Å². The highest BCUT2D eigenvalue weighted by Crippen LogP contribution is 2.53. The molecule has 5 nitrogen and oxygen atoms in total. The Bertz CT molecular complexity index is 1020. The van der Waals surface area contributed by atoms with Crippen molar-refractivity contribution in [3.05, 3.63) is 78.1 Å². The molecular formula is C26H28N2O3S. The maximum atomic E-state index is 9.92. The molecule has 32 heavy (non-hydrogen) atoms. The van der Waals surface area contributed by atoms with Crippen LogP contribution in [0.25, 0.3) is 0 Å². The van der Waals surface area contributed by atoms with Crippen molar-refractivity contribution in [3.8, 4) is 17.2 Å². The van der Waals surface area contributed by atoms with Crippen molar-refractivity contribution in [1.82, 2.24) is 9.88 Å². The van der Waals surface area contributed by atoms with Gasteiger partial charge in [-0.2, -0.15) is 0 Å². The van der Waals surface area contributed by atoms with Crippen molar-refractivity contribution in [2.45, 2.75) is 35.5 Å². The van der Waals surface area contributed by atoms with Gasteiger partial charge in [0, 0.05) is 18.9 Å². The Morgan fingerprint density at radius 2 is 1.75 bits per heavy atom. The van der Waals surface area contributed by atoms with Crippen molar-refractivity contribution in [1.29, 1.82) is 0 Å². The molecule has 6 heteroatoms. The molecule has 1 saturated heterocycles. The third-order valence-electron chi connectivity index (χ3n) is 6.08. The number of piperidine rings is 1. The van der Waals surface area contributed by atoms with Gasteiger partial charge in [0.1, 0.15) is 30.0 Å². The molecule has 1 aromatic heterocycles. The molecule has 0 radical (unpaired) electrons. The van der Waals surface area contributed by atoms with E-state index in [9.17, 15) is 5.11 Å². The number of pyridine rings is 1. The first-order valence-corrected chi connectivity index (χ1v) is 12.2. The van der Waals surface area contributed by atoms with E-state index in [1.54, 1.807) is 23.9 Å². The molecule has 1 fully saturated rings. The number of phenols is 1. The zero-order chi connectivity index (χ0) is 21.8. The second-order valence-corrected chi connectivity index (χ2v) is 9.49. The molecule has 2 aromatic carbocycles. The van der Waals surface area contributed by atoms with Crippen molar-refractivity contribution in [2.24, 2.45) is 0 Å². The van der Waals surface area contributed by atoms with Crippen LogP contribution in [0.15, 0.2) is 71.9 Å². The highest BCUT2D eigenvalue weighted by atomic mass is 32.2. The number of aromatic hydroxyl groups is 1. The van der Waals surface area contributed by atoms with Gasteiger partial charge in [0.2, 0.25) is 0 Å². The van der Waals surface area contributed by atoms with E-state index in [0.29, 0.717) is 6.61 Å². The summed E-state index contributed by atoms with van der Waals surface area (Å²) in [6.07, 6.45) is 7.42. The largest absolute Gasteiger partial charge is 0.508 e. The first-order valence-electron chi connectivity index (χ1n) is 11.3. The SMILES string of the molecule is Oc1ccc2c(c1)S[C@H](c1ccncc1)[C@H](c1ccc(OCCN3CCCCC3)cc1)O2. The van der Waals surface area contributed by atoms with E-state index >= 15 is 0 Å². The van der Waals surface area contributed by atoms with Gasteiger partial charge < -0.3 is 14.6 Å². The predicted octanol–water partition coefficient (Wildman–Crippen LogP) is 5.62. The molecule has 2 aliphatic rings. The van der Waals surface area contributed by atoms with Gasteiger partial charge in [-0.15, -0.1) is 11.8 Å². The van der Waals surface area contributed by atoms with E-state index in [0.717, 1.165) is 34.1 Å². The fraction of sp³-hybridized carbons (Fsp3) is 0.346. The molecule has 2 aliphatic heterocycles. The molecule has 0 unspecified atom stereocenters. The zero-order valence-electron chi connectivity index (χ0n) is 18.0. The highest BCUT2D eigenvalue weighted by Gasteiger charge is 2.33. The van der Waals surface area contributed by atoms with E-state index in [2.05, 4.69) is 22.0 Å². The van der Waals surface area contributed by atoms with Crippen LogP contribution in [0.2, 0.25) is 0 Å². The Hall–Kier alpha value is -2.70. The monoisotopic (exact) mass is 448 g/mol. The summed E-state index contributed by atoms with van der Waals surface area (Å²) in [5.41, 5.74) is 2.24. The van der Waals surface area contributed by atoms with Gasteiger partial charge in [0.05, 0.1) is 10.1 Å². The van der Waals surface area contributed by atoms with Crippen molar-refractivity contribution < 1.29 is 14.6 Å². The first-order chi connectivity index (χ1) is 15.8. The van der Waals surface area contributed by atoms with E-state index in [-0.39, 0.29) is 17.1 Å². The summed E-state index contributed by atoms with van der Waals surface area (Å²) >= 11 is 1.71. The van der Waals surface area contributed by atoms with Crippen LogP contribution >= 0.6 is 11.8 Å². The van der Waals surface area contributed by atoms with E-state index in [4.69, 9.17) is 9.47 Å². The third-order valence-corrected chi connectivity index (χ3v) is 7.42. The Balaban J connectivity index is 1.31. The molecule has 0 spiro atoms. The highest BCUT2D eigenvalue weighted by molar-refractivity contribution is 7.99. The average Bonchev–Trinajstić information content (AvgIpc) is 2.85. The Kier molecular flexibility index (Phi) is 6.51. The fourth-order valence-corrected chi connectivity index (χ4v) is 5.68. The molecule has 0 saturated carbocycles. The summed E-state index contributed by atoms with van der Waals surface area (Å²) < 4.78 is 12.4. The summed E-state index contributed by atoms with van der Waals surface area (Å²) in [5.74, 6) is 1.93. The minimum absolute atomic E-state index is 0.0539. The van der Waals surface area contributed by atoms with Gasteiger partial charge in [-0.05, 0) is 79.5 Å². The van der Waals surface area contributed by atoms with Crippen molar-refractivity contribution in [3.63, 3.8) is 0 Å². The number of rotatable bonds is 6. The molecular weight excluding hydrogens is 420 g/mol. The van der Waals surface area contributed by atoms with Crippen molar-refractivity contribution in [2.75, 3.05) is 26.2 Å². The van der Waals surface area contributed by atoms with E-state index in [1.807, 2.05) is 42.7 Å². The number of hydrogen-bond donors (Lipinski definition) is 1. The van der Waals surface area contributed by atoms with E-state index in [1.165, 1.54) is 32.4 Å². The van der Waals surface area contributed by atoms with E-state index < -0.39 is 0 Å². The molecule has 3 aromatic rings. The maximum absolute atomic E-state index is 9.92. The molecule has 0 bridgehead atoms. The number of hydrogen-bond acceptors (Lipinski definition) is 6. The molecule has 5 rings (SSSR count). The molecule has 0 amide bonds. The van der Waals surface area contributed by atoms with Gasteiger partial charge in [0.25, 0.3) is 0 Å². The summed E-state index contributed by atoms with van der Waals surface area (Å²) in [7, 11) is 0. The number of aromatic nitrogens is 1. The lowest BCUT2D eigenvalue weighted by Gasteiger charge is -2.33. The summed E-state index contributed by atoms with van der Waals surface area (Å²) in [6, 6.07) is 17.6.